The van der Waals surface area contributed by atoms with Crippen LogP contribution in [0.25, 0.3) is 0 Å². The topological polar surface area (TPSA) is 32.5 Å². The third kappa shape index (κ3) is 3.70. The van der Waals surface area contributed by atoms with E-state index in [9.17, 15) is 0 Å². The number of nitrogen functional groups attached to an aromatic ring is 1. The summed E-state index contributed by atoms with van der Waals surface area (Å²) in [4.78, 5) is 5.05. The maximum Gasteiger partial charge on any atom is 0.0318 e. The molecule has 0 aliphatic carbocycles. The minimum absolute atomic E-state index is 0.845. The largest absolute Gasteiger partial charge is 0.399 e. The van der Waals surface area contributed by atoms with Crippen molar-refractivity contribution in [1.82, 2.24) is 9.80 Å². The van der Waals surface area contributed by atoms with Crippen LogP contribution in [0.2, 0.25) is 0 Å². The van der Waals surface area contributed by atoms with Gasteiger partial charge in [-0.3, -0.25) is 4.90 Å². The maximum absolute atomic E-state index is 5.85. The Morgan fingerprint density at radius 1 is 1.17 bits per heavy atom. The molecule has 18 heavy (non-hydrogen) atoms. The predicted molar refractivity (Wildman–Crippen MR) is 80.6 cm³/mol. The van der Waals surface area contributed by atoms with Crippen molar-refractivity contribution in [3.8, 4) is 0 Å². The van der Waals surface area contributed by atoms with Crippen molar-refractivity contribution in [3.05, 3.63) is 28.2 Å². The number of benzene rings is 1. The first-order chi connectivity index (χ1) is 8.69. The fourth-order valence-electron chi connectivity index (χ4n) is 2.44. The number of piperazine rings is 1. The summed E-state index contributed by atoms with van der Waals surface area (Å²) in [6, 6.07) is 6.05. The molecular formula is C14H22BrN3. The monoisotopic (exact) mass is 311 g/mol. The van der Waals surface area contributed by atoms with Crippen LogP contribution in [0.3, 0.4) is 0 Å². The van der Waals surface area contributed by atoms with E-state index in [4.69, 9.17) is 5.73 Å². The zero-order valence-corrected chi connectivity index (χ0v) is 12.6. The van der Waals surface area contributed by atoms with Crippen LogP contribution in [0, 0.1) is 0 Å². The highest BCUT2D eigenvalue weighted by molar-refractivity contribution is 9.10. The van der Waals surface area contributed by atoms with Gasteiger partial charge in [-0.2, -0.15) is 0 Å². The van der Waals surface area contributed by atoms with E-state index in [1.54, 1.807) is 0 Å². The van der Waals surface area contributed by atoms with Gasteiger partial charge in [0.15, 0.2) is 0 Å². The molecule has 4 heteroatoms. The Balaban J connectivity index is 1.89. The van der Waals surface area contributed by atoms with Crippen molar-refractivity contribution >= 4 is 21.6 Å². The minimum Gasteiger partial charge on any atom is -0.399 e. The molecule has 100 valence electrons. The van der Waals surface area contributed by atoms with Crippen molar-refractivity contribution in [2.75, 3.05) is 38.5 Å². The normalized spacial score (nSPS) is 18.1. The van der Waals surface area contributed by atoms with E-state index in [1.807, 2.05) is 12.1 Å². The molecule has 1 aromatic carbocycles. The van der Waals surface area contributed by atoms with Crippen molar-refractivity contribution in [1.29, 1.82) is 0 Å². The van der Waals surface area contributed by atoms with Crippen molar-refractivity contribution in [2.24, 2.45) is 0 Å². The van der Waals surface area contributed by atoms with Gasteiger partial charge >= 0.3 is 0 Å². The molecular weight excluding hydrogens is 290 g/mol. The number of hydrogen-bond acceptors (Lipinski definition) is 3. The number of rotatable bonds is 4. The highest BCUT2D eigenvalue weighted by Gasteiger charge is 2.16. The second-order valence-corrected chi connectivity index (χ2v) is 5.82. The molecule has 3 nitrogen and oxygen atoms in total. The smallest absolute Gasteiger partial charge is 0.0318 e. The van der Waals surface area contributed by atoms with E-state index in [-0.39, 0.29) is 0 Å². The van der Waals surface area contributed by atoms with Gasteiger partial charge in [-0.1, -0.05) is 22.9 Å². The molecule has 1 fully saturated rings. The summed E-state index contributed by atoms with van der Waals surface area (Å²) in [6.07, 6.45) is 1.25. The first-order valence-electron chi connectivity index (χ1n) is 6.67. The predicted octanol–water partition coefficient (Wildman–Crippen LogP) is 2.56. The molecule has 1 aliphatic heterocycles. The summed E-state index contributed by atoms with van der Waals surface area (Å²) in [5, 5.41) is 0. The molecule has 0 spiro atoms. The highest BCUT2D eigenvalue weighted by atomic mass is 79.9. The molecule has 0 amide bonds. The molecule has 0 bridgehead atoms. The SMILES string of the molecule is CCCN1CCN(Cc2cc(N)ccc2Br)CC1. The Bertz CT molecular complexity index is 387. The van der Waals surface area contributed by atoms with E-state index >= 15 is 0 Å². The molecule has 1 aromatic rings. The van der Waals surface area contributed by atoms with Gasteiger partial charge in [0.2, 0.25) is 0 Å². The number of hydrogen-bond donors (Lipinski definition) is 1. The first-order valence-corrected chi connectivity index (χ1v) is 7.47. The zero-order chi connectivity index (χ0) is 13.0. The van der Waals surface area contributed by atoms with Crippen LogP contribution in [-0.2, 0) is 6.54 Å². The lowest BCUT2D eigenvalue weighted by molar-refractivity contribution is 0.127. The van der Waals surface area contributed by atoms with Crippen LogP contribution < -0.4 is 5.73 Å². The molecule has 1 aliphatic rings. The number of nitrogens with zero attached hydrogens (tertiary/aromatic N) is 2. The summed E-state index contributed by atoms with van der Waals surface area (Å²) in [6.45, 7) is 9.15. The Morgan fingerprint density at radius 2 is 1.83 bits per heavy atom. The Labute approximate surface area is 118 Å². The lowest BCUT2D eigenvalue weighted by atomic mass is 10.1. The minimum atomic E-state index is 0.845. The molecule has 1 heterocycles. The third-order valence-corrected chi connectivity index (χ3v) is 4.24. The molecule has 0 atom stereocenters. The summed E-state index contributed by atoms with van der Waals surface area (Å²) < 4.78 is 1.16. The van der Waals surface area contributed by atoms with Crippen LogP contribution in [0.1, 0.15) is 18.9 Å². The van der Waals surface area contributed by atoms with Crippen LogP contribution in [0.15, 0.2) is 22.7 Å². The van der Waals surface area contributed by atoms with E-state index in [1.165, 1.54) is 31.6 Å². The van der Waals surface area contributed by atoms with Gasteiger partial charge in [0.25, 0.3) is 0 Å². The zero-order valence-electron chi connectivity index (χ0n) is 11.0. The number of halogens is 1. The van der Waals surface area contributed by atoms with E-state index in [0.717, 1.165) is 29.8 Å². The average molecular weight is 312 g/mol. The summed E-state index contributed by atoms with van der Waals surface area (Å²) >= 11 is 3.60. The van der Waals surface area contributed by atoms with E-state index < -0.39 is 0 Å². The van der Waals surface area contributed by atoms with Gasteiger partial charge in [0.1, 0.15) is 0 Å². The molecule has 0 unspecified atom stereocenters. The molecule has 0 saturated carbocycles. The number of anilines is 1. The average Bonchev–Trinajstić information content (AvgIpc) is 2.37. The van der Waals surface area contributed by atoms with Crippen LogP contribution in [0.5, 0.6) is 0 Å². The third-order valence-electron chi connectivity index (χ3n) is 3.47. The van der Waals surface area contributed by atoms with Gasteiger partial charge in [-0.05, 0) is 36.7 Å². The van der Waals surface area contributed by atoms with E-state index in [2.05, 4.69) is 38.7 Å². The fraction of sp³-hybridized carbons (Fsp3) is 0.571. The molecule has 2 rings (SSSR count). The first kappa shape index (κ1) is 13.8. The second-order valence-electron chi connectivity index (χ2n) is 4.97. The van der Waals surface area contributed by atoms with Crippen molar-refractivity contribution in [2.45, 2.75) is 19.9 Å². The van der Waals surface area contributed by atoms with Gasteiger partial charge in [0.05, 0.1) is 0 Å². The second kappa shape index (κ2) is 6.55. The van der Waals surface area contributed by atoms with E-state index in [0.29, 0.717) is 0 Å². The maximum atomic E-state index is 5.85. The molecule has 0 radical (unpaired) electrons. The van der Waals surface area contributed by atoms with Gasteiger partial charge in [-0.15, -0.1) is 0 Å². The van der Waals surface area contributed by atoms with Crippen molar-refractivity contribution < 1.29 is 0 Å². The van der Waals surface area contributed by atoms with Gasteiger partial charge in [-0.25, -0.2) is 0 Å². The summed E-state index contributed by atoms with van der Waals surface area (Å²) in [5.41, 5.74) is 7.98. The summed E-state index contributed by atoms with van der Waals surface area (Å²) in [5.74, 6) is 0. The fourth-order valence-corrected chi connectivity index (χ4v) is 2.82. The molecule has 1 saturated heterocycles. The Morgan fingerprint density at radius 3 is 2.50 bits per heavy atom. The Kier molecular flexibility index (Phi) is 5.03. The van der Waals surface area contributed by atoms with Crippen molar-refractivity contribution in [3.63, 3.8) is 0 Å². The Hall–Kier alpha value is -0.580. The molecule has 0 aromatic heterocycles. The lowest BCUT2D eigenvalue weighted by Crippen LogP contribution is -2.46. The van der Waals surface area contributed by atoms with Gasteiger partial charge < -0.3 is 10.6 Å². The van der Waals surface area contributed by atoms with Crippen LogP contribution in [-0.4, -0.2) is 42.5 Å². The molecule has 2 N–H and O–H groups in total. The lowest BCUT2D eigenvalue weighted by Gasteiger charge is -2.34. The standard InChI is InChI=1S/C14H22BrN3/c1-2-5-17-6-8-18(9-7-17)11-12-10-13(16)3-4-14(12)15/h3-4,10H,2,5-9,11,16H2,1H3. The quantitative estimate of drug-likeness (QED) is 0.867. The van der Waals surface area contributed by atoms with Crippen LogP contribution in [0.4, 0.5) is 5.69 Å². The van der Waals surface area contributed by atoms with Gasteiger partial charge in [0, 0.05) is 42.9 Å². The van der Waals surface area contributed by atoms with Crippen LogP contribution >= 0.6 is 15.9 Å². The summed E-state index contributed by atoms with van der Waals surface area (Å²) in [7, 11) is 0. The highest BCUT2D eigenvalue weighted by Crippen LogP contribution is 2.21. The number of nitrogens with two attached hydrogens (primary N) is 1.